The largest absolute Gasteiger partial charge is 0.356 e. The molecule has 3 aromatic rings. The lowest BCUT2D eigenvalue weighted by Crippen LogP contribution is -2.41. The summed E-state index contributed by atoms with van der Waals surface area (Å²) < 4.78 is 29.2. The average Bonchev–Trinajstić information content (AvgIpc) is 3.09. The molecule has 0 radical (unpaired) electrons. The molecule has 1 aromatic heterocycles. The van der Waals surface area contributed by atoms with Crippen molar-refractivity contribution < 1.29 is 8.42 Å². The Morgan fingerprint density at radius 2 is 1.72 bits per heavy atom. The summed E-state index contributed by atoms with van der Waals surface area (Å²) in [6.45, 7) is 4.13. The van der Waals surface area contributed by atoms with Crippen molar-refractivity contribution in [3.63, 3.8) is 0 Å². The lowest BCUT2D eigenvalue weighted by atomic mass is 10.2. The van der Waals surface area contributed by atoms with Gasteiger partial charge in [-0.2, -0.15) is 0 Å². The normalized spacial score (nSPS) is 11.9. The van der Waals surface area contributed by atoms with Crippen LogP contribution < -0.4 is 15.4 Å². The van der Waals surface area contributed by atoms with E-state index < -0.39 is 10.0 Å². The number of imidazole rings is 1. The molecule has 0 saturated heterocycles. The van der Waals surface area contributed by atoms with Gasteiger partial charge >= 0.3 is 0 Å². The maximum absolute atomic E-state index is 12.2. The maximum Gasteiger partial charge on any atom is 0.213 e. The highest BCUT2D eigenvalue weighted by atomic mass is 127. The molecule has 0 unspecified atom stereocenters. The summed E-state index contributed by atoms with van der Waals surface area (Å²) in [5.74, 6) is 1.56. The maximum atomic E-state index is 12.2. The Bertz CT molecular complexity index is 1120. The molecule has 0 atom stereocenters. The number of hydrogen-bond acceptors (Lipinski definition) is 4. The molecule has 10 heteroatoms. The molecular weight excluding hydrogens is 539 g/mol. The number of benzene rings is 2. The molecule has 8 nitrogen and oxygen atoms in total. The fourth-order valence-electron chi connectivity index (χ4n) is 3.31. The first-order valence-corrected chi connectivity index (χ1v) is 12.0. The van der Waals surface area contributed by atoms with Gasteiger partial charge in [0.1, 0.15) is 5.82 Å². The van der Waals surface area contributed by atoms with E-state index in [0.717, 1.165) is 35.4 Å². The van der Waals surface area contributed by atoms with Gasteiger partial charge in [0.25, 0.3) is 0 Å². The number of para-hydroxylation sites is 2. The van der Waals surface area contributed by atoms with Gasteiger partial charge in [0, 0.05) is 33.2 Å². The van der Waals surface area contributed by atoms with Crippen molar-refractivity contribution >= 4 is 51.0 Å². The topological polar surface area (TPSA) is 100 Å². The molecule has 32 heavy (non-hydrogen) atoms. The van der Waals surface area contributed by atoms with Crippen molar-refractivity contribution in [2.45, 2.75) is 26.4 Å². The van der Waals surface area contributed by atoms with Crippen LogP contribution in [0, 0.1) is 6.92 Å². The Labute approximate surface area is 207 Å². The van der Waals surface area contributed by atoms with E-state index >= 15 is 0 Å². The smallest absolute Gasteiger partial charge is 0.213 e. The summed E-state index contributed by atoms with van der Waals surface area (Å²) in [5.41, 5.74) is 3.07. The van der Waals surface area contributed by atoms with Crippen molar-refractivity contribution in [1.82, 2.24) is 24.9 Å². The first kappa shape index (κ1) is 26.1. The summed E-state index contributed by atoms with van der Waals surface area (Å²) in [6, 6.07) is 17.6. The van der Waals surface area contributed by atoms with Crippen molar-refractivity contribution in [2.75, 3.05) is 25.9 Å². The third-order valence-electron chi connectivity index (χ3n) is 4.92. The van der Waals surface area contributed by atoms with Crippen LogP contribution in [0.25, 0.3) is 11.0 Å². The third-order valence-corrected chi connectivity index (χ3v) is 6.25. The van der Waals surface area contributed by atoms with Gasteiger partial charge in [0.15, 0.2) is 5.96 Å². The number of halogens is 1. The minimum absolute atomic E-state index is 0. The van der Waals surface area contributed by atoms with Crippen LogP contribution in [0.2, 0.25) is 0 Å². The highest BCUT2D eigenvalue weighted by Gasteiger charge is 2.10. The van der Waals surface area contributed by atoms with Crippen LogP contribution in [0.5, 0.6) is 0 Å². The lowest BCUT2D eigenvalue weighted by molar-refractivity contribution is 0.579. The van der Waals surface area contributed by atoms with Crippen molar-refractivity contribution in [2.24, 2.45) is 4.99 Å². The molecule has 0 fully saturated rings. The molecule has 0 spiro atoms. The number of hydrogen-bond donors (Lipinski definition) is 3. The Hall–Kier alpha value is -2.18. The Balaban J connectivity index is 0.00000363. The summed E-state index contributed by atoms with van der Waals surface area (Å²) in [5, 5.41) is 6.29. The van der Waals surface area contributed by atoms with Crippen LogP contribution in [0.4, 0.5) is 0 Å². The third kappa shape index (κ3) is 7.75. The summed E-state index contributed by atoms with van der Waals surface area (Å²) >= 11 is 0. The van der Waals surface area contributed by atoms with Crippen LogP contribution in [0.15, 0.2) is 59.6 Å². The van der Waals surface area contributed by atoms with Gasteiger partial charge in [-0.25, -0.2) is 18.1 Å². The van der Waals surface area contributed by atoms with E-state index in [1.165, 1.54) is 0 Å². The van der Waals surface area contributed by atoms with Crippen LogP contribution in [0.3, 0.4) is 0 Å². The van der Waals surface area contributed by atoms with Crippen molar-refractivity contribution in [3.8, 4) is 0 Å². The number of aromatic nitrogens is 2. The number of nitrogens with zero attached hydrogens (tertiary/aromatic N) is 3. The van der Waals surface area contributed by atoms with Crippen LogP contribution in [0.1, 0.15) is 17.8 Å². The van der Waals surface area contributed by atoms with E-state index in [0.29, 0.717) is 19.0 Å². The second-order valence-corrected chi connectivity index (χ2v) is 9.13. The van der Waals surface area contributed by atoms with Crippen molar-refractivity contribution in [3.05, 3.63) is 66.0 Å². The zero-order valence-corrected chi connectivity index (χ0v) is 21.6. The van der Waals surface area contributed by atoms with E-state index in [1.54, 1.807) is 7.05 Å². The van der Waals surface area contributed by atoms with Gasteiger partial charge in [-0.15, -0.1) is 24.0 Å². The second-order valence-electron chi connectivity index (χ2n) is 7.20. The zero-order chi connectivity index (χ0) is 22.1. The minimum Gasteiger partial charge on any atom is -0.356 e. The summed E-state index contributed by atoms with van der Waals surface area (Å²) in [6.07, 6.45) is 0.888. The number of aliphatic imine (C=N–C) groups is 1. The molecule has 174 valence electrons. The van der Waals surface area contributed by atoms with E-state index in [9.17, 15) is 8.42 Å². The van der Waals surface area contributed by atoms with Crippen LogP contribution >= 0.6 is 24.0 Å². The molecule has 0 aliphatic carbocycles. The highest BCUT2D eigenvalue weighted by molar-refractivity contribution is 14.0. The number of fused-ring (bicyclic) bond motifs is 1. The fourth-order valence-corrected chi connectivity index (χ4v) is 4.21. The molecule has 2 aromatic carbocycles. The fraction of sp³-hybridized carbons (Fsp3) is 0.364. The van der Waals surface area contributed by atoms with Crippen molar-refractivity contribution in [1.29, 1.82) is 0 Å². The molecule has 0 saturated carbocycles. The zero-order valence-electron chi connectivity index (χ0n) is 18.4. The molecule has 1 heterocycles. The van der Waals surface area contributed by atoms with Crippen LogP contribution in [-0.4, -0.2) is 49.8 Å². The first-order chi connectivity index (χ1) is 15.0. The Morgan fingerprint density at radius 1 is 1.03 bits per heavy atom. The summed E-state index contributed by atoms with van der Waals surface area (Å²) in [7, 11) is -1.70. The lowest BCUT2D eigenvalue weighted by Gasteiger charge is -2.13. The Morgan fingerprint density at radius 3 is 2.47 bits per heavy atom. The molecule has 0 bridgehead atoms. The SMILES string of the molecule is CN=C(NCCCn1c(C)nc2ccccc21)NCCS(=O)(=O)NCc1ccccc1.I. The molecule has 3 N–H and O–H groups in total. The van der Waals surface area contributed by atoms with Gasteiger partial charge < -0.3 is 15.2 Å². The van der Waals surface area contributed by atoms with Gasteiger partial charge in [0.2, 0.25) is 10.0 Å². The minimum atomic E-state index is -3.37. The predicted octanol–water partition coefficient (Wildman–Crippen LogP) is 2.64. The number of nitrogens with one attached hydrogen (secondary N) is 3. The Kier molecular flexibility index (Phi) is 10.4. The number of guanidine groups is 1. The standard InChI is InChI=1S/C22H30N6O2S.HI/c1-18-27-20-11-6-7-12-21(20)28(18)15-8-13-24-22(23-2)25-14-16-31(29,30)26-17-19-9-4-3-5-10-19;/h3-7,9-12,26H,8,13-17H2,1-2H3,(H2,23,24,25);1H. The molecule has 0 aliphatic heterocycles. The van der Waals surface area contributed by atoms with E-state index in [4.69, 9.17) is 0 Å². The molecule has 0 amide bonds. The predicted molar refractivity (Wildman–Crippen MR) is 141 cm³/mol. The number of aryl methyl sites for hydroxylation is 2. The monoisotopic (exact) mass is 570 g/mol. The molecular formula is C22H31IN6O2S. The van der Waals surface area contributed by atoms with Gasteiger partial charge in [-0.05, 0) is 31.0 Å². The highest BCUT2D eigenvalue weighted by Crippen LogP contribution is 2.15. The van der Waals surface area contributed by atoms with Gasteiger partial charge in [0.05, 0.1) is 16.8 Å². The molecule has 3 rings (SSSR count). The number of rotatable bonds is 10. The van der Waals surface area contributed by atoms with Gasteiger partial charge in [-0.1, -0.05) is 42.5 Å². The number of sulfonamides is 1. The average molecular weight is 571 g/mol. The van der Waals surface area contributed by atoms with E-state index in [2.05, 4.69) is 36.0 Å². The first-order valence-electron chi connectivity index (χ1n) is 10.4. The molecule has 0 aliphatic rings. The van der Waals surface area contributed by atoms with Crippen LogP contribution in [-0.2, 0) is 23.1 Å². The quantitative estimate of drug-likeness (QED) is 0.151. The summed E-state index contributed by atoms with van der Waals surface area (Å²) in [4.78, 5) is 8.75. The van der Waals surface area contributed by atoms with E-state index in [-0.39, 0.29) is 36.3 Å². The second kappa shape index (κ2) is 12.8. The van der Waals surface area contributed by atoms with E-state index in [1.807, 2.05) is 55.5 Å². The van der Waals surface area contributed by atoms with Gasteiger partial charge in [-0.3, -0.25) is 4.99 Å².